The van der Waals surface area contributed by atoms with Crippen LogP contribution in [0.1, 0.15) is 24.2 Å². The normalized spacial score (nSPS) is 21.9. The van der Waals surface area contributed by atoms with Crippen LogP contribution in [0.4, 0.5) is 4.39 Å². The van der Waals surface area contributed by atoms with Crippen LogP contribution < -0.4 is 0 Å². The highest BCUT2D eigenvalue weighted by molar-refractivity contribution is 6.06. The summed E-state index contributed by atoms with van der Waals surface area (Å²) in [5, 5.41) is 9.50. The molecular formula is C14H15FO4. The number of hydrogen-bond acceptors (Lipinski definition) is 4. The van der Waals surface area contributed by atoms with Gasteiger partial charge in [-0.1, -0.05) is 0 Å². The van der Waals surface area contributed by atoms with Gasteiger partial charge in [0.15, 0.2) is 11.6 Å². The van der Waals surface area contributed by atoms with Gasteiger partial charge in [-0.3, -0.25) is 4.79 Å². The maximum absolute atomic E-state index is 13.0. The lowest BCUT2D eigenvalue weighted by molar-refractivity contribution is -0.133. The molecule has 2 rings (SSSR count). The average molecular weight is 266 g/mol. The second-order valence-electron chi connectivity index (χ2n) is 4.75. The Balaban J connectivity index is 2.07. The third-order valence-corrected chi connectivity index (χ3v) is 2.72. The Morgan fingerprint density at radius 2 is 2.26 bits per heavy atom. The highest BCUT2D eigenvalue weighted by Gasteiger charge is 2.31. The molecule has 1 aliphatic rings. The van der Waals surface area contributed by atoms with Crippen LogP contribution >= 0.6 is 0 Å². The molecule has 1 unspecified atom stereocenters. The first-order valence-electron chi connectivity index (χ1n) is 5.90. The van der Waals surface area contributed by atoms with Gasteiger partial charge in [-0.15, -0.1) is 0 Å². The Kier molecular flexibility index (Phi) is 3.68. The standard InChI is InChI=1S/C14H15FO4/c1-14(2)18-8-10(19-14)4-6-13(17)11-7-9(15)3-5-12(11)16/h3-7,10,16H,8H2,1-2H3/b6-4+. The Bertz CT molecular complexity index is 522. The molecule has 1 fully saturated rings. The summed E-state index contributed by atoms with van der Waals surface area (Å²) < 4.78 is 23.8. The summed E-state index contributed by atoms with van der Waals surface area (Å²) in [6.07, 6.45) is 2.47. The maximum Gasteiger partial charge on any atom is 0.189 e. The third-order valence-electron chi connectivity index (χ3n) is 2.72. The minimum atomic E-state index is -0.668. The van der Waals surface area contributed by atoms with Gasteiger partial charge in [-0.05, 0) is 44.2 Å². The fourth-order valence-electron chi connectivity index (χ4n) is 1.80. The predicted molar refractivity (Wildman–Crippen MR) is 66.4 cm³/mol. The van der Waals surface area contributed by atoms with E-state index in [-0.39, 0.29) is 17.4 Å². The SMILES string of the molecule is CC1(C)OCC(/C=C/C(=O)c2cc(F)ccc2O)O1. The van der Waals surface area contributed by atoms with Crippen molar-refractivity contribution in [1.82, 2.24) is 0 Å². The van der Waals surface area contributed by atoms with Crippen molar-refractivity contribution in [2.45, 2.75) is 25.7 Å². The number of phenolic OH excluding ortho intramolecular Hbond substituents is 1. The van der Waals surface area contributed by atoms with Gasteiger partial charge < -0.3 is 14.6 Å². The van der Waals surface area contributed by atoms with E-state index < -0.39 is 17.4 Å². The van der Waals surface area contributed by atoms with Crippen molar-refractivity contribution in [2.24, 2.45) is 0 Å². The van der Waals surface area contributed by atoms with Gasteiger partial charge >= 0.3 is 0 Å². The number of aromatic hydroxyl groups is 1. The molecule has 1 heterocycles. The number of allylic oxidation sites excluding steroid dienone is 1. The van der Waals surface area contributed by atoms with E-state index in [2.05, 4.69) is 0 Å². The Hall–Kier alpha value is -1.72. The van der Waals surface area contributed by atoms with Crippen molar-refractivity contribution in [2.75, 3.05) is 6.61 Å². The Labute approximate surface area is 110 Å². The first-order chi connectivity index (χ1) is 8.87. The summed E-state index contributed by atoms with van der Waals surface area (Å²) in [6.45, 7) is 3.91. The minimum Gasteiger partial charge on any atom is -0.507 e. The lowest BCUT2D eigenvalue weighted by Crippen LogP contribution is -2.20. The monoisotopic (exact) mass is 266 g/mol. The zero-order chi connectivity index (χ0) is 14.0. The molecule has 1 N–H and O–H groups in total. The van der Waals surface area contributed by atoms with Crippen LogP contribution in [0.15, 0.2) is 30.4 Å². The smallest absolute Gasteiger partial charge is 0.189 e. The van der Waals surface area contributed by atoms with Gasteiger partial charge in [-0.25, -0.2) is 4.39 Å². The molecule has 0 saturated carbocycles. The first-order valence-corrected chi connectivity index (χ1v) is 5.90. The number of rotatable bonds is 3. The van der Waals surface area contributed by atoms with Crippen molar-refractivity contribution >= 4 is 5.78 Å². The van der Waals surface area contributed by atoms with E-state index in [0.717, 1.165) is 18.2 Å². The highest BCUT2D eigenvalue weighted by atomic mass is 19.1. The lowest BCUT2D eigenvalue weighted by atomic mass is 10.1. The molecule has 1 aromatic carbocycles. The molecule has 0 amide bonds. The van der Waals surface area contributed by atoms with Crippen molar-refractivity contribution in [3.05, 3.63) is 41.7 Å². The number of carbonyl (C=O) groups excluding carboxylic acids is 1. The van der Waals surface area contributed by atoms with E-state index >= 15 is 0 Å². The van der Waals surface area contributed by atoms with Gasteiger partial charge in [-0.2, -0.15) is 0 Å². The van der Waals surface area contributed by atoms with Crippen LogP contribution in [-0.2, 0) is 9.47 Å². The van der Waals surface area contributed by atoms with E-state index in [1.54, 1.807) is 19.9 Å². The third kappa shape index (κ3) is 3.39. The number of halogens is 1. The van der Waals surface area contributed by atoms with Crippen molar-refractivity contribution < 1.29 is 23.8 Å². The summed E-state index contributed by atoms with van der Waals surface area (Å²) in [7, 11) is 0. The first kappa shape index (κ1) is 13.7. The predicted octanol–water partition coefficient (Wildman–Crippen LogP) is 2.42. The van der Waals surface area contributed by atoms with Gasteiger partial charge in [0.1, 0.15) is 17.7 Å². The van der Waals surface area contributed by atoms with Crippen LogP contribution in [0.3, 0.4) is 0 Å². The summed E-state index contributed by atoms with van der Waals surface area (Å²) in [5.74, 6) is -1.97. The molecule has 0 spiro atoms. The molecule has 5 heteroatoms. The van der Waals surface area contributed by atoms with E-state index in [9.17, 15) is 14.3 Å². The van der Waals surface area contributed by atoms with Crippen LogP contribution in [-0.4, -0.2) is 29.4 Å². The Morgan fingerprint density at radius 1 is 1.53 bits per heavy atom. The summed E-state index contributed by atoms with van der Waals surface area (Å²) in [4.78, 5) is 11.8. The van der Waals surface area contributed by atoms with Crippen LogP contribution in [0.25, 0.3) is 0 Å². The topological polar surface area (TPSA) is 55.8 Å². The quantitative estimate of drug-likeness (QED) is 0.674. The number of benzene rings is 1. The molecule has 0 radical (unpaired) electrons. The number of hydrogen-bond donors (Lipinski definition) is 1. The van der Waals surface area contributed by atoms with Crippen molar-refractivity contribution in [1.29, 1.82) is 0 Å². The average Bonchev–Trinajstić information content (AvgIpc) is 2.69. The van der Waals surface area contributed by atoms with Gasteiger partial charge in [0.05, 0.1) is 12.2 Å². The molecular weight excluding hydrogens is 251 g/mol. The molecule has 1 aromatic rings. The van der Waals surface area contributed by atoms with Crippen molar-refractivity contribution in [3.63, 3.8) is 0 Å². The molecule has 19 heavy (non-hydrogen) atoms. The summed E-state index contributed by atoms with van der Waals surface area (Å²) in [5.41, 5.74) is -0.0746. The van der Waals surface area contributed by atoms with Gasteiger partial charge in [0, 0.05) is 0 Å². The maximum atomic E-state index is 13.0. The fourth-order valence-corrected chi connectivity index (χ4v) is 1.80. The zero-order valence-electron chi connectivity index (χ0n) is 10.7. The fraction of sp³-hybridized carbons (Fsp3) is 0.357. The van der Waals surface area contributed by atoms with Crippen LogP contribution in [0, 0.1) is 5.82 Å². The molecule has 0 aliphatic carbocycles. The van der Waals surface area contributed by atoms with Crippen LogP contribution in [0.5, 0.6) is 5.75 Å². The van der Waals surface area contributed by atoms with E-state index in [4.69, 9.17) is 9.47 Å². The van der Waals surface area contributed by atoms with E-state index in [1.165, 1.54) is 6.08 Å². The highest BCUT2D eigenvalue weighted by Crippen LogP contribution is 2.23. The molecule has 4 nitrogen and oxygen atoms in total. The summed E-state index contributed by atoms with van der Waals surface area (Å²) in [6, 6.07) is 3.24. The second kappa shape index (κ2) is 5.11. The number of ether oxygens (including phenoxy) is 2. The number of carbonyl (C=O) groups is 1. The molecule has 102 valence electrons. The molecule has 1 aliphatic heterocycles. The largest absolute Gasteiger partial charge is 0.507 e. The van der Waals surface area contributed by atoms with Crippen LogP contribution in [0.2, 0.25) is 0 Å². The molecule has 0 bridgehead atoms. The second-order valence-corrected chi connectivity index (χ2v) is 4.75. The molecule has 1 saturated heterocycles. The van der Waals surface area contributed by atoms with Gasteiger partial charge in [0.2, 0.25) is 0 Å². The van der Waals surface area contributed by atoms with Crippen molar-refractivity contribution in [3.8, 4) is 5.75 Å². The minimum absolute atomic E-state index is 0.0746. The summed E-state index contributed by atoms with van der Waals surface area (Å²) >= 11 is 0. The molecule has 0 aromatic heterocycles. The number of phenols is 1. The van der Waals surface area contributed by atoms with Gasteiger partial charge in [0.25, 0.3) is 0 Å². The zero-order valence-corrected chi connectivity index (χ0v) is 10.7. The van der Waals surface area contributed by atoms with E-state index in [0.29, 0.717) is 6.61 Å². The molecule has 1 atom stereocenters. The number of ketones is 1. The van der Waals surface area contributed by atoms with E-state index in [1.807, 2.05) is 0 Å². The Morgan fingerprint density at radius 3 is 2.89 bits per heavy atom. The lowest BCUT2D eigenvalue weighted by Gasteiger charge is -2.15.